The van der Waals surface area contributed by atoms with E-state index in [9.17, 15) is 0 Å². The predicted molar refractivity (Wildman–Crippen MR) is 51.9 cm³/mol. The fourth-order valence-corrected chi connectivity index (χ4v) is 1.16. The molecule has 5 heteroatoms. The van der Waals surface area contributed by atoms with Gasteiger partial charge in [-0.15, -0.1) is 5.10 Å². The molecule has 0 aliphatic heterocycles. The summed E-state index contributed by atoms with van der Waals surface area (Å²) in [5.74, 6) is 0.780. The molecule has 2 aromatic heterocycles. The van der Waals surface area contributed by atoms with Crippen molar-refractivity contribution in [2.45, 2.75) is 6.54 Å². The van der Waals surface area contributed by atoms with Crippen molar-refractivity contribution >= 4 is 0 Å². The average Bonchev–Trinajstić information content (AvgIpc) is 2.68. The predicted octanol–water partition coefficient (Wildman–Crippen LogP) is 0.382. The van der Waals surface area contributed by atoms with Crippen LogP contribution in [0.3, 0.4) is 0 Å². The van der Waals surface area contributed by atoms with Crippen LogP contribution in [-0.4, -0.2) is 27.0 Å². The van der Waals surface area contributed by atoms with E-state index in [1.54, 1.807) is 10.9 Å². The number of hydrogen-bond donors (Lipinski definition) is 1. The van der Waals surface area contributed by atoms with Crippen molar-refractivity contribution in [1.29, 1.82) is 0 Å². The summed E-state index contributed by atoms with van der Waals surface area (Å²) < 4.78 is 1.66. The zero-order valence-corrected chi connectivity index (χ0v) is 7.88. The minimum atomic E-state index is 0.715. The SMILES string of the molecule is CNCc1cn(-c2ccccn2)nn1. The van der Waals surface area contributed by atoms with Gasteiger partial charge in [0.2, 0.25) is 0 Å². The van der Waals surface area contributed by atoms with Gasteiger partial charge < -0.3 is 5.32 Å². The third-order valence-corrected chi connectivity index (χ3v) is 1.78. The van der Waals surface area contributed by atoms with E-state index in [0.29, 0.717) is 6.54 Å². The molecule has 2 heterocycles. The maximum atomic E-state index is 4.16. The number of nitrogens with zero attached hydrogens (tertiary/aromatic N) is 4. The quantitative estimate of drug-likeness (QED) is 0.758. The lowest BCUT2D eigenvalue weighted by molar-refractivity contribution is 0.759. The summed E-state index contributed by atoms with van der Waals surface area (Å²) >= 11 is 0. The van der Waals surface area contributed by atoms with Crippen LogP contribution in [0, 0.1) is 0 Å². The number of nitrogens with one attached hydrogen (secondary N) is 1. The lowest BCUT2D eigenvalue weighted by Gasteiger charge is -1.95. The summed E-state index contributed by atoms with van der Waals surface area (Å²) in [5.41, 5.74) is 0.901. The molecule has 2 aromatic rings. The second kappa shape index (κ2) is 3.97. The molecule has 0 saturated carbocycles. The molecule has 72 valence electrons. The Bertz CT molecular complexity index is 395. The molecule has 0 aliphatic rings. The van der Waals surface area contributed by atoms with E-state index in [0.717, 1.165) is 11.5 Å². The molecule has 0 unspecified atom stereocenters. The van der Waals surface area contributed by atoms with Crippen LogP contribution in [0.2, 0.25) is 0 Å². The highest BCUT2D eigenvalue weighted by Gasteiger charge is 2.01. The Morgan fingerprint density at radius 1 is 1.43 bits per heavy atom. The highest BCUT2D eigenvalue weighted by molar-refractivity contribution is 5.19. The Morgan fingerprint density at radius 2 is 2.36 bits per heavy atom. The maximum absolute atomic E-state index is 4.16. The average molecular weight is 189 g/mol. The third-order valence-electron chi connectivity index (χ3n) is 1.78. The van der Waals surface area contributed by atoms with Gasteiger partial charge in [-0.1, -0.05) is 11.3 Å². The van der Waals surface area contributed by atoms with Gasteiger partial charge in [0.25, 0.3) is 0 Å². The van der Waals surface area contributed by atoms with Gasteiger partial charge in [-0.3, -0.25) is 0 Å². The van der Waals surface area contributed by atoms with Gasteiger partial charge >= 0.3 is 0 Å². The van der Waals surface area contributed by atoms with Gasteiger partial charge in [0, 0.05) is 12.7 Å². The molecule has 0 saturated heterocycles. The van der Waals surface area contributed by atoms with Gasteiger partial charge in [0.05, 0.1) is 11.9 Å². The fourth-order valence-electron chi connectivity index (χ4n) is 1.16. The maximum Gasteiger partial charge on any atom is 0.155 e. The van der Waals surface area contributed by atoms with E-state index in [-0.39, 0.29) is 0 Å². The Labute approximate surface area is 81.8 Å². The minimum Gasteiger partial charge on any atom is -0.314 e. The van der Waals surface area contributed by atoms with Crippen LogP contribution in [0.15, 0.2) is 30.6 Å². The summed E-state index contributed by atoms with van der Waals surface area (Å²) in [7, 11) is 1.87. The molecule has 5 nitrogen and oxygen atoms in total. The first-order valence-electron chi connectivity index (χ1n) is 4.37. The summed E-state index contributed by atoms with van der Waals surface area (Å²) in [6, 6.07) is 5.68. The molecule has 0 amide bonds. The van der Waals surface area contributed by atoms with Crippen LogP contribution in [0.1, 0.15) is 5.69 Å². The van der Waals surface area contributed by atoms with Gasteiger partial charge in [-0.2, -0.15) is 0 Å². The molecule has 0 radical (unpaired) electrons. The van der Waals surface area contributed by atoms with Gasteiger partial charge in [0.1, 0.15) is 0 Å². The monoisotopic (exact) mass is 189 g/mol. The molecule has 1 N–H and O–H groups in total. The van der Waals surface area contributed by atoms with Crippen LogP contribution in [0.5, 0.6) is 0 Å². The summed E-state index contributed by atoms with van der Waals surface area (Å²) in [6.07, 6.45) is 3.59. The van der Waals surface area contributed by atoms with E-state index in [1.165, 1.54) is 0 Å². The van der Waals surface area contributed by atoms with E-state index >= 15 is 0 Å². The molecule has 0 spiro atoms. The molecular weight excluding hydrogens is 178 g/mol. The number of rotatable bonds is 3. The van der Waals surface area contributed by atoms with Crippen LogP contribution >= 0.6 is 0 Å². The third kappa shape index (κ3) is 1.77. The zero-order valence-electron chi connectivity index (χ0n) is 7.88. The normalized spacial score (nSPS) is 10.4. The molecule has 0 bridgehead atoms. The molecule has 0 aliphatic carbocycles. The number of hydrogen-bond acceptors (Lipinski definition) is 4. The van der Waals surface area contributed by atoms with Crippen molar-refractivity contribution in [1.82, 2.24) is 25.3 Å². The van der Waals surface area contributed by atoms with Crippen LogP contribution in [-0.2, 0) is 6.54 Å². The second-order valence-electron chi connectivity index (χ2n) is 2.87. The van der Waals surface area contributed by atoms with Crippen molar-refractivity contribution in [2.24, 2.45) is 0 Å². The van der Waals surface area contributed by atoms with Gasteiger partial charge in [-0.25, -0.2) is 9.67 Å². The highest BCUT2D eigenvalue weighted by atomic mass is 15.4. The number of pyridine rings is 1. The van der Waals surface area contributed by atoms with E-state index in [2.05, 4.69) is 20.6 Å². The first-order valence-corrected chi connectivity index (χ1v) is 4.37. The lowest BCUT2D eigenvalue weighted by atomic mass is 10.4. The van der Waals surface area contributed by atoms with Gasteiger partial charge in [0.15, 0.2) is 5.82 Å². The molecule has 14 heavy (non-hydrogen) atoms. The molecular formula is C9H11N5. The van der Waals surface area contributed by atoms with E-state index < -0.39 is 0 Å². The van der Waals surface area contributed by atoms with Crippen LogP contribution < -0.4 is 5.32 Å². The summed E-state index contributed by atoms with van der Waals surface area (Å²) in [6.45, 7) is 0.715. The van der Waals surface area contributed by atoms with Crippen LogP contribution in [0.4, 0.5) is 0 Å². The first-order chi connectivity index (χ1) is 6.90. The Kier molecular flexibility index (Phi) is 2.51. The first kappa shape index (κ1) is 8.83. The summed E-state index contributed by atoms with van der Waals surface area (Å²) in [4.78, 5) is 4.16. The topological polar surface area (TPSA) is 55.6 Å². The van der Waals surface area contributed by atoms with Crippen molar-refractivity contribution in [2.75, 3.05) is 7.05 Å². The van der Waals surface area contributed by atoms with Gasteiger partial charge in [-0.05, 0) is 19.2 Å². The Morgan fingerprint density at radius 3 is 3.07 bits per heavy atom. The standard InChI is InChI=1S/C9H11N5/c1-10-6-8-7-14(13-12-8)9-4-2-3-5-11-9/h2-5,7,10H,6H2,1H3. The zero-order chi connectivity index (χ0) is 9.80. The van der Waals surface area contributed by atoms with E-state index in [4.69, 9.17) is 0 Å². The van der Waals surface area contributed by atoms with Crippen molar-refractivity contribution in [3.63, 3.8) is 0 Å². The fraction of sp³-hybridized carbons (Fsp3) is 0.222. The Balaban J connectivity index is 2.25. The molecule has 0 atom stereocenters. The second-order valence-corrected chi connectivity index (χ2v) is 2.87. The van der Waals surface area contributed by atoms with Crippen LogP contribution in [0.25, 0.3) is 5.82 Å². The van der Waals surface area contributed by atoms with Crippen molar-refractivity contribution in [3.05, 3.63) is 36.3 Å². The molecule has 0 aromatic carbocycles. The number of aromatic nitrogens is 4. The van der Waals surface area contributed by atoms with Crippen molar-refractivity contribution in [3.8, 4) is 5.82 Å². The highest BCUT2D eigenvalue weighted by Crippen LogP contribution is 2.01. The smallest absolute Gasteiger partial charge is 0.155 e. The lowest BCUT2D eigenvalue weighted by Crippen LogP contribution is -2.05. The molecule has 2 rings (SSSR count). The van der Waals surface area contributed by atoms with E-state index in [1.807, 2.05) is 31.4 Å². The molecule has 0 fully saturated rings. The minimum absolute atomic E-state index is 0.715. The summed E-state index contributed by atoms with van der Waals surface area (Å²) in [5, 5.41) is 11.0. The largest absolute Gasteiger partial charge is 0.314 e. The van der Waals surface area contributed by atoms with Crippen molar-refractivity contribution < 1.29 is 0 Å². The Hall–Kier alpha value is -1.75.